The number of nitrogens with zero attached hydrogens (tertiary/aromatic N) is 4. The van der Waals surface area contributed by atoms with Crippen LogP contribution in [0.25, 0.3) is 5.65 Å². The minimum atomic E-state index is 0.0688. The molecule has 2 amide bonds. The van der Waals surface area contributed by atoms with Crippen LogP contribution in [-0.2, 0) is 13.0 Å². The second kappa shape index (κ2) is 5.83. The van der Waals surface area contributed by atoms with Crippen LogP contribution in [0, 0.1) is 6.92 Å². The van der Waals surface area contributed by atoms with E-state index in [1.54, 1.807) is 0 Å². The lowest BCUT2D eigenvalue weighted by molar-refractivity contribution is 0.184. The van der Waals surface area contributed by atoms with E-state index in [1.807, 2.05) is 28.6 Å². The van der Waals surface area contributed by atoms with Crippen LogP contribution >= 0.6 is 0 Å². The molecule has 0 bridgehead atoms. The maximum Gasteiger partial charge on any atom is 0.317 e. The molecule has 0 unspecified atom stereocenters. The van der Waals surface area contributed by atoms with Gasteiger partial charge in [0.1, 0.15) is 0 Å². The van der Waals surface area contributed by atoms with Gasteiger partial charge in [0.2, 0.25) is 0 Å². The monoisotopic (exact) mass is 313 g/mol. The molecule has 3 heterocycles. The smallest absolute Gasteiger partial charge is 0.317 e. The Bertz CT molecular complexity index is 732. The lowest BCUT2D eigenvalue weighted by Crippen LogP contribution is -2.47. The first kappa shape index (κ1) is 14.5. The SMILES string of the molecule is Cc1cc2ncc3c(n2n1)CCN(C(=O)NC1CCCCC1)C3. The predicted molar refractivity (Wildman–Crippen MR) is 87.2 cm³/mol. The second-order valence-corrected chi connectivity index (χ2v) is 6.74. The Morgan fingerprint density at radius 3 is 2.96 bits per heavy atom. The van der Waals surface area contributed by atoms with Crippen molar-refractivity contribution in [3.63, 3.8) is 0 Å². The number of aromatic nitrogens is 3. The summed E-state index contributed by atoms with van der Waals surface area (Å²) in [7, 11) is 0. The highest BCUT2D eigenvalue weighted by Crippen LogP contribution is 2.21. The van der Waals surface area contributed by atoms with Crippen molar-refractivity contribution < 1.29 is 4.79 Å². The lowest BCUT2D eigenvalue weighted by Gasteiger charge is -2.31. The van der Waals surface area contributed by atoms with E-state index < -0.39 is 0 Å². The van der Waals surface area contributed by atoms with Gasteiger partial charge in [0.15, 0.2) is 5.65 Å². The zero-order chi connectivity index (χ0) is 15.8. The predicted octanol–water partition coefficient (Wildman–Crippen LogP) is 2.44. The standard InChI is InChI=1S/C17H23N5O/c1-12-9-16-18-10-13-11-21(8-7-15(13)22(16)20-12)17(23)19-14-5-3-2-4-6-14/h9-10,14H,2-8,11H2,1H3,(H,19,23). The Labute approximate surface area is 135 Å². The molecule has 1 aliphatic heterocycles. The molecule has 0 spiro atoms. The fourth-order valence-corrected chi connectivity index (χ4v) is 3.74. The van der Waals surface area contributed by atoms with Gasteiger partial charge in [0, 0.05) is 36.8 Å². The summed E-state index contributed by atoms with van der Waals surface area (Å²) >= 11 is 0. The average molecular weight is 313 g/mol. The van der Waals surface area contributed by atoms with E-state index in [0.717, 1.165) is 42.7 Å². The maximum absolute atomic E-state index is 12.5. The van der Waals surface area contributed by atoms with Gasteiger partial charge >= 0.3 is 6.03 Å². The molecular formula is C17H23N5O. The zero-order valence-electron chi connectivity index (χ0n) is 13.6. The molecule has 0 saturated heterocycles. The number of amides is 2. The van der Waals surface area contributed by atoms with E-state index in [2.05, 4.69) is 15.4 Å². The molecule has 2 aromatic heterocycles. The van der Waals surface area contributed by atoms with Crippen LogP contribution in [0.5, 0.6) is 0 Å². The number of carbonyl (C=O) groups is 1. The van der Waals surface area contributed by atoms with Gasteiger partial charge in [0.05, 0.1) is 17.9 Å². The van der Waals surface area contributed by atoms with Gasteiger partial charge < -0.3 is 10.2 Å². The highest BCUT2D eigenvalue weighted by Gasteiger charge is 2.25. The minimum absolute atomic E-state index is 0.0688. The number of urea groups is 1. The van der Waals surface area contributed by atoms with Crippen LogP contribution in [0.15, 0.2) is 12.3 Å². The van der Waals surface area contributed by atoms with E-state index in [9.17, 15) is 4.79 Å². The van der Waals surface area contributed by atoms with Crippen molar-refractivity contribution in [3.05, 3.63) is 29.2 Å². The Morgan fingerprint density at radius 1 is 1.30 bits per heavy atom. The Balaban J connectivity index is 1.49. The van der Waals surface area contributed by atoms with Gasteiger partial charge in [-0.25, -0.2) is 14.3 Å². The van der Waals surface area contributed by atoms with E-state index in [-0.39, 0.29) is 6.03 Å². The van der Waals surface area contributed by atoms with Crippen LogP contribution in [0.3, 0.4) is 0 Å². The van der Waals surface area contributed by atoms with Gasteiger partial charge in [-0.05, 0) is 19.8 Å². The first-order chi connectivity index (χ1) is 11.2. The summed E-state index contributed by atoms with van der Waals surface area (Å²) in [4.78, 5) is 18.9. The average Bonchev–Trinajstić information content (AvgIpc) is 2.96. The molecule has 1 saturated carbocycles. The number of hydrogen-bond donors (Lipinski definition) is 1. The molecule has 1 fully saturated rings. The van der Waals surface area contributed by atoms with Gasteiger partial charge in [-0.2, -0.15) is 5.10 Å². The van der Waals surface area contributed by atoms with Crippen molar-refractivity contribution in [1.29, 1.82) is 0 Å². The molecule has 2 aliphatic rings. The van der Waals surface area contributed by atoms with Crippen molar-refractivity contribution in [2.75, 3.05) is 6.54 Å². The van der Waals surface area contributed by atoms with Crippen molar-refractivity contribution >= 4 is 11.7 Å². The largest absolute Gasteiger partial charge is 0.335 e. The molecule has 2 aromatic rings. The van der Waals surface area contributed by atoms with Gasteiger partial charge in [-0.15, -0.1) is 0 Å². The maximum atomic E-state index is 12.5. The topological polar surface area (TPSA) is 62.5 Å². The molecule has 23 heavy (non-hydrogen) atoms. The third kappa shape index (κ3) is 2.78. The van der Waals surface area contributed by atoms with Gasteiger partial charge in [-0.1, -0.05) is 19.3 Å². The number of rotatable bonds is 1. The number of fused-ring (bicyclic) bond motifs is 3. The fraction of sp³-hybridized carbons (Fsp3) is 0.588. The highest BCUT2D eigenvalue weighted by atomic mass is 16.2. The van der Waals surface area contributed by atoms with Crippen LogP contribution in [0.1, 0.15) is 49.1 Å². The van der Waals surface area contributed by atoms with Gasteiger partial charge in [-0.3, -0.25) is 0 Å². The van der Waals surface area contributed by atoms with Crippen molar-refractivity contribution in [3.8, 4) is 0 Å². The molecule has 122 valence electrons. The molecule has 6 nitrogen and oxygen atoms in total. The van der Waals surface area contributed by atoms with Crippen LogP contribution < -0.4 is 5.32 Å². The van der Waals surface area contributed by atoms with E-state index >= 15 is 0 Å². The number of carbonyl (C=O) groups excluding carboxylic acids is 1. The van der Waals surface area contributed by atoms with Crippen molar-refractivity contribution in [1.82, 2.24) is 24.8 Å². The lowest BCUT2D eigenvalue weighted by atomic mass is 9.96. The first-order valence-electron chi connectivity index (χ1n) is 8.59. The Morgan fingerprint density at radius 2 is 2.13 bits per heavy atom. The summed E-state index contributed by atoms with van der Waals surface area (Å²) in [5, 5.41) is 7.73. The number of hydrogen-bond acceptors (Lipinski definition) is 3. The Kier molecular flexibility index (Phi) is 3.67. The number of aryl methyl sites for hydroxylation is 1. The highest BCUT2D eigenvalue weighted by molar-refractivity contribution is 5.75. The summed E-state index contributed by atoms with van der Waals surface area (Å²) in [5.74, 6) is 0. The molecule has 4 rings (SSSR count). The van der Waals surface area contributed by atoms with E-state index in [1.165, 1.54) is 25.0 Å². The van der Waals surface area contributed by atoms with E-state index in [0.29, 0.717) is 12.6 Å². The van der Waals surface area contributed by atoms with Crippen molar-refractivity contribution in [2.24, 2.45) is 0 Å². The molecule has 0 atom stereocenters. The fourth-order valence-electron chi connectivity index (χ4n) is 3.74. The Hall–Kier alpha value is -2.11. The van der Waals surface area contributed by atoms with E-state index in [4.69, 9.17) is 0 Å². The molecule has 1 aliphatic carbocycles. The molecular weight excluding hydrogens is 290 g/mol. The molecule has 0 aromatic carbocycles. The molecule has 6 heteroatoms. The third-order valence-corrected chi connectivity index (χ3v) is 4.99. The zero-order valence-corrected chi connectivity index (χ0v) is 13.6. The van der Waals surface area contributed by atoms with Crippen LogP contribution in [-0.4, -0.2) is 38.1 Å². The van der Waals surface area contributed by atoms with Crippen LogP contribution in [0.4, 0.5) is 4.79 Å². The normalized spacial score (nSPS) is 18.9. The second-order valence-electron chi connectivity index (χ2n) is 6.74. The summed E-state index contributed by atoms with van der Waals surface area (Å²) in [6.45, 7) is 3.34. The van der Waals surface area contributed by atoms with Gasteiger partial charge in [0.25, 0.3) is 0 Å². The van der Waals surface area contributed by atoms with Crippen molar-refractivity contribution in [2.45, 2.75) is 58.0 Å². The molecule has 1 N–H and O–H groups in total. The first-order valence-corrected chi connectivity index (χ1v) is 8.59. The number of nitrogens with one attached hydrogen (secondary N) is 1. The minimum Gasteiger partial charge on any atom is -0.335 e. The summed E-state index contributed by atoms with van der Waals surface area (Å²) < 4.78 is 1.93. The van der Waals surface area contributed by atoms with Crippen LogP contribution in [0.2, 0.25) is 0 Å². The summed E-state index contributed by atoms with van der Waals surface area (Å²) in [5.41, 5.74) is 4.15. The molecule has 0 radical (unpaired) electrons. The third-order valence-electron chi connectivity index (χ3n) is 4.99. The quantitative estimate of drug-likeness (QED) is 0.879. The summed E-state index contributed by atoms with van der Waals surface area (Å²) in [6.07, 6.45) is 8.71. The summed E-state index contributed by atoms with van der Waals surface area (Å²) in [6, 6.07) is 2.41.